The van der Waals surface area contributed by atoms with Crippen LogP contribution in [0.25, 0.3) is 0 Å². The van der Waals surface area contributed by atoms with Gasteiger partial charge in [0, 0.05) is 18.5 Å². The Balaban J connectivity index is 2.02. The Morgan fingerprint density at radius 2 is 2.18 bits per heavy atom. The summed E-state index contributed by atoms with van der Waals surface area (Å²) in [4.78, 5) is 18.8. The molecule has 1 aliphatic rings. The molecule has 2 N–H and O–H groups in total. The fourth-order valence-corrected chi connectivity index (χ4v) is 1.94. The molecular weight excluding hydrogens is 214 g/mol. The number of rotatable bonds is 6. The molecule has 0 aliphatic heterocycles. The van der Waals surface area contributed by atoms with Gasteiger partial charge in [-0.05, 0) is 18.8 Å². The van der Waals surface area contributed by atoms with Crippen molar-refractivity contribution in [3.05, 3.63) is 22.2 Å². The lowest BCUT2D eigenvalue weighted by Crippen LogP contribution is -2.17. The van der Waals surface area contributed by atoms with Crippen molar-refractivity contribution in [3.8, 4) is 0 Å². The molecule has 0 saturated heterocycles. The average Bonchev–Trinajstić information content (AvgIpc) is 3.13. The lowest BCUT2D eigenvalue weighted by atomic mass is 10.0. The number of hydrogen-bond acceptors (Lipinski definition) is 3. The molecule has 1 aromatic heterocycles. The first-order valence-corrected chi connectivity index (χ1v) is 6.58. The Morgan fingerprint density at radius 3 is 2.76 bits per heavy atom. The molecule has 94 valence electrons. The van der Waals surface area contributed by atoms with Crippen LogP contribution in [0, 0.1) is 5.92 Å². The minimum Gasteiger partial charge on any atom is -0.370 e. The molecule has 1 aromatic rings. The number of nitrogens with zero attached hydrogens (tertiary/aromatic N) is 1. The van der Waals surface area contributed by atoms with E-state index >= 15 is 0 Å². The predicted octanol–water partition coefficient (Wildman–Crippen LogP) is 2.50. The van der Waals surface area contributed by atoms with Crippen LogP contribution in [0.4, 0.5) is 5.82 Å². The molecule has 1 saturated carbocycles. The second-order valence-electron chi connectivity index (χ2n) is 4.85. The van der Waals surface area contributed by atoms with Crippen molar-refractivity contribution in [2.45, 2.75) is 45.4 Å². The van der Waals surface area contributed by atoms with Crippen LogP contribution in [0.3, 0.4) is 0 Å². The maximum Gasteiger partial charge on any atom is 0.252 e. The summed E-state index contributed by atoms with van der Waals surface area (Å²) in [5.74, 6) is 2.71. The van der Waals surface area contributed by atoms with Gasteiger partial charge in [-0.15, -0.1) is 0 Å². The van der Waals surface area contributed by atoms with Crippen LogP contribution in [0.1, 0.15) is 51.3 Å². The molecule has 2 rings (SSSR count). The highest BCUT2D eigenvalue weighted by Gasteiger charge is 2.26. The lowest BCUT2D eigenvalue weighted by Gasteiger charge is -2.13. The van der Waals surface area contributed by atoms with E-state index in [1.165, 1.54) is 0 Å². The van der Waals surface area contributed by atoms with Crippen molar-refractivity contribution < 1.29 is 0 Å². The zero-order chi connectivity index (χ0) is 12.3. The number of nitrogens with one attached hydrogen (secondary N) is 2. The Bertz CT molecular complexity index is 419. The molecule has 1 heterocycles. The Morgan fingerprint density at radius 1 is 1.47 bits per heavy atom. The number of aromatic nitrogens is 2. The van der Waals surface area contributed by atoms with Crippen LogP contribution in [0.5, 0.6) is 0 Å². The highest BCUT2D eigenvalue weighted by atomic mass is 16.1. The largest absolute Gasteiger partial charge is 0.370 e. The highest BCUT2D eigenvalue weighted by molar-refractivity contribution is 5.33. The molecule has 17 heavy (non-hydrogen) atoms. The van der Waals surface area contributed by atoms with Crippen LogP contribution in [-0.2, 0) is 0 Å². The normalized spacial score (nSPS) is 15.2. The minimum absolute atomic E-state index is 0.0473. The summed E-state index contributed by atoms with van der Waals surface area (Å²) in [6.45, 7) is 5.28. The van der Waals surface area contributed by atoms with E-state index in [-0.39, 0.29) is 5.56 Å². The van der Waals surface area contributed by atoms with E-state index in [1.807, 2.05) is 0 Å². The summed E-state index contributed by atoms with van der Waals surface area (Å²) in [5, 5.41) is 3.28. The van der Waals surface area contributed by atoms with Gasteiger partial charge in [-0.1, -0.05) is 26.7 Å². The molecular formula is C13H21N3O. The quantitative estimate of drug-likeness (QED) is 0.796. The summed E-state index contributed by atoms with van der Waals surface area (Å²) < 4.78 is 0. The number of H-pyrrole nitrogens is 1. The maximum atomic E-state index is 11.5. The third kappa shape index (κ3) is 3.32. The van der Waals surface area contributed by atoms with E-state index in [9.17, 15) is 4.79 Å². The van der Waals surface area contributed by atoms with Gasteiger partial charge in [0.05, 0.1) is 0 Å². The van der Waals surface area contributed by atoms with Crippen molar-refractivity contribution in [2.24, 2.45) is 5.92 Å². The zero-order valence-electron chi connectivity index (χ0n) is 10.6. The predicted molar refractivity (Wildman–Crippen MR) is 69.4 cm³/mol. The summed E-state index contributed by atoms with van der Waals surface area (Å²) in [6.07, 6.45) is 4.61. The molecule has 0 atom stereocenters. The molecule has 1 fully saturated rings. The third-order valence-electron chi connectivity index (χ3n) is 3.45. The Labute approximate surface area is 102 Å². The SMILES string of the molecule is CCC(CC)CNc1cc(=O)[nH]c(C2CC2)n1. The second kappa shape index (κ2) is 5.34. The van der Waals surface area contributed by atoms with Gasteiger partial charge in [0.2, 0.25) is 0 Å². The van der Waals surface area contributed by atoms with Crippen LogP contribution >= 0.6 is 0 Å². The van der Waals surface area contributed by atoms with Crippen LogP contribution < -0.4 is 10.9 Å². The van der Waals surface area contributed by atoms with Gasteiger partial charge in [0.25, 0.3) is 5.56 Å². The Kier molecular flexibility index (Phi) is 3.82. The molecule has 0 spiro atoms. The average molecular weight is 235 g/mol. The third-order valence-corrected chi connectivity index (χ3v) is 3.45. The van der Waals surface area contributed by atoms with E-state index in [0.29, 0.717) is 11.8 Å². The van der Waals surface area contributed by atoms with Gasteiger partial charge in [-0.3, -0.25) is 4.79 Å². The molecule has 4 nitrogen and oxygen atoms in total. The van der Waals surface area contributed by atoms with Crippen molar-refractivity contribution in [1.29, 1.82) is 0 Å². The van der Waals surface area contributed by atoms with Crippen LogP contribution in [0.15, 0.2) is 10.9 Å². The van der Waals surface area contributed by atoms with Gasteiger partial charge in [0.1, 0.15) is 11.6 Å². The van der Waals surface area contributed by atoms with Gasteiger partial charge < -0.3 is 10.3 Å². The highest BCUT2D eigenvalue weighted by Crippen LogP contribution is 2.37. The molecule has 0 unspecified atom stereocenters. The first-order chi connectivity index (χ1) is 8.22. The first kappa shape index (κ1) is 12.1. The standard InChI is InChI=1S/C13H21N3O/c1-3-9(4-2)8-14-11-7-12(17)16-13(15-11)10-5-6-10/h7,9-10H,3-6,8H2,1-2H3,(H2,14,15,16,17). The van der Waals surface area contributed by atoms with E-state index in [4.69, 9.17) is 0 Å². The van der Waals surface area contributed by atoms with Gasteiger partial charge in [-0.2, -0.15) is 0 Å². The van der Waals surface area contributed by atoms with Crippen LogP contribution in [0.2, 0.25) is 0 Å². The molecule has 0 aromatic carbocycles. The smallest absolute Gasteiger partial charge is 0.252 e. The molecule has 0 bridgehead atoms. The minimum atomic E-state index is -0.0473. The summed E-state index contributed by atoms with van der Waals surface area (Å²) in [6, 6.07) is 1.55. The monoisotopic (exact) mass is 235 g/mol. The van der Waals surface area contributed by atoms with Crippen molar-refractivity contribution in [1.82, 2.24) is 9.97 Å². The van der Waals surface area contributed by atoms with Crippen molar-refractivity contribution in [2.75, 3.05) is 11.9 Å². The molecule has 4 heteroatoms. The summed E-state index contributed by atoms with van der Waals surface area (Å²) in [5.41, 5.74) is -0.0473. The molecule has 0 radical (unpaired) electrons. The second-order valence-corrected chi connectivity index (χ2v) is 4.85. The van der Waals surface area contributed by atoms with E-state index < -0.39 is 0 Å². The fraction of sp³-hybridized carbons (Fsp3) is 0.692. The van der Waals surface area contributed by atoms with Crippen molar-refractivity contribution in [3.63, 3.8) is 0 Å². The van der Waals surface area contributed by atoms with Crippen molar-refractivity contribution >= 4 is 5.82 Å². The van der Waals surface area contributed by atoms with Gasteiger partial charge in [0.15, 0.2) is 0 Å². The van der Waals surface area contributed by atoms with Crippen LogP contribution in [-0.4, -0.2) is 16.5 Å². The molecule has 1 aliphatic carbocycles. The van der Waals surface area contributed by atoms with Gasteiger partial charge >= 0.3 is 0 Å². The zero-order valence-corrected chi connectivity index (χ0v) is 10.6. The number of anilines is 1. The van der Waals surface area contributed by atoms with E-state index in [1.54, 1.807) is 6.07 Å². The lowest BCUT2D eigenvalue weighted by molar-refractivity contribution is 0.518. The van der Waals surface area contributed by atoms with E-state index in [0.717, 1.165) is 43.9 Å². The number of hydrogen-bond donors (Lipinski definition) is 2. The number of aromatic amines is 1. The van der Waals surface area contributed by atoms with Gasteiger partial charge in [-0.25, -0.2) is 4.98 Å². The topological polar surface area (TPSA) is 57.8 Å². The first-order valence-electron chi connectivity index (χ1n) is 6.58. The summed E-state index contributed by atoms with van der Waals surface area (Å²) >= 11 is 0. The summed E-state index contributed by atoms with van der Waals surface area (Å²) in [7, 11) is 0. The Hall–Kier alpha value is -1.32. The maximum absolute atomic E-state index is 11.5. The fourth-order valence-electron chi connectivity index (χ4n) is 1.94. The van der Waals surface area contributed by atoms with E-state index in [2.05, 4.69) is 29.1 Å². The molecule has 0 amide bonds.